The number of carbonyl (C=O) groups is 1. The van der Waals surface area contributed by atoms with Gasteiger partial charge in [0.2, 0.25) is 0 Å². The highest BCUT2D eigenvalue weighted by Crippen LogP contribution is 2.07. The first-order valence-electron chi connectivity index (χ1n) is 5.66. The number of hydrogen-bond acceptors (Lipinski definition) is 4. The fraction of sp³-hybridized carbons (Fsp3) is 0.636. The molecule has 1 aliphatic rings. The third-order valence-corrected chi connectivity index (χ3v) is 2.71. The molecule has 2 heterocycles. The molecule has 0 radical (unpaired) electrons. The average molecular weight is 223 g/mol. The van der Waals surface area contributed by atoms with Gasteiger partial charge in [-0.05, 0) is 6.92 Å². The molecule has 1 aliphatic heterocycles. The van der Waals surface area contributed by atoms with E-state index in [2.05, 4.69) is 10.4 Å². The van der Waals surface area contributed by atoms with Crippen LogP contribution >= 0.6 is 0 Å². The lowest BCUT2D eigenvalue weighted by Gasteiger charge is -2.22. The molecule has 5 heteroatoms. The van der Waals surface area contributed by atoms with Gasteiger partial charge < -0.3 is 10.1 Å². The highest BCUT2D eigenvalue weighted by atomic mass is 16.5. The van der Waals surface area contributed by atoms with Crippen LogP contribution in [0.2, 0.25) is 0 Å². The Morgan fingerprint density at radius 1 is 1.75 bits per heavy atom. The molecule has 0 aromatic carbocycles. The van der Waals surface area contributed by atoms with Gasteiger partial charge in [-0.2, -0.15) is 5.10 Å². The molecule has 0 spiro atoms. The van der Waals surface area contributed by atoms with Crippen molar-refractivity contribution in [1.82, 2.24) is 15.1 Å². The molecule has 0 saturated carbocycles. The molecule has 1 saturated heterocycles. The summed E-state index contributed by atoms with van der Waals surface area (Å²) in [5, 5.41) is 7.36. The molecule has 1 aromatic rings. The van der Waals surface area contributed by atoms with Crippen molar-refractivity contribution in [1.29, 1.82) is 0 Å². The zero-order chi connectivity index (χ0) is 11.4. The van der Waals surface area contributed by atoms with Gasteiger partial charge in [-0.1, -0.05) is 0 Å². The van der Waals surface area contributed by atoms with E-state index in [1.807, 2.05) is 6.92 Å². The molecule has 0 amide bonds. The van der Waals surface area contributed by atoms with Crippen LogP contribution in [0.15, 0.2) is 12.4 Å². The van der Waals surface area contributed by atoms with Gasteiger partial charge in [0.05, 0.1) is 25.0 Å². The molecular weight excluding hydrogens is 206 g/mol. The summed E-state index contributed by atoms with van der Waals surface area (Å²) in [6.07, 6.45) is 3.91. The fourth-order valence-electron chi connectivity index (χ4n) is 1.77. The topological polar surface area (TPSA) is 56.1 Å². The van der Waals surface area contributed by atoms with Gasteiger partial charge in [0.25, 0.3) is 0 Å². The molecule has 1 aromatic heterocycles. The van der Waals surface area contributed by atoms with E-state index in [4.69, 9.17) is 4.74 Å². The summed E-state index contributed by atoms with van der Waals surface area (Å²) < 4.78 is 7.07. The first kappa shape index (κ1) is 11.3. The lowest BCUT2D eigenvalue weighted by atomic mass is 10.1. The number of nitrogens with one attached hydrogen (secondary N) is 1. The summed E-state index contributed by atoms with van der Waals surface area (Å²) in [4.78, 5) is 11.9. The molecule has 0 aliphatic carbocycles. The van der Waals surface area contributed by atoms with Gasteiger partial charge in [-0.15, -0.1) is 0 Å². The normalized spacial score (nSPS) is 20.9. The number of hydrogen-bond donors (Lipinski definition) is 1. The maximum Gasteiger partial charge on any atom is 0.167 e. The monoisotopic (exact) mass is 223 g/mol. The Morgan fingerprint density at radius 3 is 3.25 bits per heavy atom. The van der Waals surface area contributed by atoms with E-state index in [9.17, 15) is 4.79 Å². The lowest BCUT2D eigenvalue weighted by Crippen LogP contribution is -2.42. The number of ether oxygens (including phenoxy) is 1. The second-order valence-corrected chi connectivity index (χ2v) is 3.94. The number of ketones is 1. The molecule has 1 N–H and O–H groups in total. The van der Waals surface area contributed by atoms with E-state index in [-0.39, 0.29) is 11.8 Å². The van der Waals surface area contributed by atoms with E-state index in [0.29, 0.717) is 18.6 Å². The predicted molar refractivity (Wildman–Crippen MR) is 59.5 cm³/mol. The standard InChI is InChI=1S/C11H17N3O2/c1-2-14-7-9(6-13-14)11(15)5-10-8-16-4-3-12-10/h6-7,10,12H,2-5,8H2,1H3. The smallest absolute Gasteiger partial charge is 0.167 e. The second kappa shape index (κ2) is 5.23. The highest BCUT2D eigenvalue weighted by molar-refractivity contribution is 5.96. The van der Waals surface area contributed by atoms with Gasteiger partial charge in [0, 0.05) is 31.7 Å². The number of aryl methyl sites for hydroxylation is 1. The summed E-state index contributed by atoms with van der Waals surface area (Å²) in [6, 6.07) is 0.145. The van der Waals surface area contributed by atoms with E-state index in [1.54, 1.807) is 17.1 Å². The van der Waals surface area contributed by atoms with Crippen LogP contribution in [0.25, 0.3) is 0 Å². The zero-order valence-corrected chi connectivity index (χ0v) is 9.48. The van der Waals surface area contributed by atoms with E-state index in [0.717, 1.165) is 19.7 Å². The quantitative estimate of drug-likeness (QED) is 0.754. The number of rotatable bonds is 4. The van der Waals surface area contributed by atoms with Gasteiger partial charge in [0.15, 0.2) is 5.78 Å². The minimum absolute atomic E-state index is 0.128. The minimum Gasteiger partial charge on any atom is -0.378 e. The first-order chi connectivity index (χ1) is 7.79. The average Bonchev–Trinajstić information content (AvgIpc) is 2.79. The van der Waals surface area contributed by atoms with Gasteiger partial charge >= 0.3 is 0 Å². The van der Waals surface area contributed by atoms with E-state index < -0.39 is 0 Å². The van der Waals surface area contributed by atoms with Crippen LogP contribution in [0.5, 0.6) is 0 Å². The van der Waals surface area contributed by atoms with Crippen LogP contribution in [-0.4, -0.2) is 41.4 Å². The van der Waals surface area contributed by atoms with Crippen molar-refractivity contribution in [3.63, 3.8) is 0 Å². The van der Waals surface area contributed by atoms with Crippen molar-refractivity contribution in [2.75, 3.05) is 19.8 Å². The summed E-state index contributed by atoms with van der Waals surface area (Å²) in [5.41, 5.74) is 0.689. The molecule has 0 bridgehead atoms. The minimum atomic E-state index is 0.128. The second-order valence-electron chi connectivity index (χ2n) is 3.94. The van der Waals surface area contributed by atoms with Crippen molar-refractivity contribution < 1.29 is 9.53 Å². The zero-order valence-electron chi connectivity index (χ0n) is 9.48. The maximum absolute atomic E-state index is 11.9. The molecule has 2 rings (SSSR count). The maximum atomic E-state index is 11.9. The predicted octanol–water partition coefficient (Wildman–Crippen LogP) is 0.464. The molecule has 5 nitrogen and oxygen atoms in total. The third-order valence-electron chi connectivity index (χ3n) is 2.71. The van der Waals surface area contributed by atoms with Crippen molar-refractivity contribution in [3.8, 4) is 0 Å². The van der Waals surface area contributed by atoms with Crippen LogP contribution in [0.1, 0.15) is 23.7 Å². The van der Waals surface area contributed by atoms with Crippen LogP contribution < -0.4 is 5.32 Å². The highest BCUT2D eigenvalue weighted by Gasteiger charge is 2.18. The summed E-state index contributed by atoms with van der Waals surface area (Å²) in [5.74, 6) is 0.128. The van der Waals surface area contributed by atoms with Crippen LogP contribution in [0, 0.1) is 0 Å². The SMILES string of the molecule is CCn1cc(C(=O)CC2COCCN2)cn1. The summed E-state index contributed by atoms with van der Waals surface area (Å²) in [6.45, 7) is 4.97. The Kier molecular flexibility index (Phi) is 3.69. The van der Waals surface area contributed by atoms with Gasteiger partial charge in [0.1, 0.15) is 0 Å². The number of aromatic nitrogens is 2. The summed E-state index contributed by atoms with van der Waals surface area (Å²) >= 11 is 0. The van der Waals surface area contributed by atoms with Crippen molar-refractivity contribution in [2.24, 2.45) is 0 Å². The largest absolute Gasteiger partial charge is 0.378 e. The van der Waals surface area contributed by atoms with Gasteiger partial charge in [-0.3, -0.25) is 9.48 Å². The van der Waals surface area contributed by atoms with Crippen molar-refractivity contribution >= 4 is 5.78 Å². The fourth-order valence-corrected chi connectivity index (χ4v) is 1.77. The number of carbonyl (C=O) groups excluding carboxylic acids is 1. The molecule has 1 atom stereocenters. The van der Waals surface area contributed by atoms with E-state index in [1.165, 1.54) is 0 Å². The van der Waals surface area contributed by atoms with Crippen molar-refractivity contribution in [2.45, 2.75) is 25.9 Å². The van der Waals surface area contributed by atoms with E-state index >= 15 is 0 Å². The lowest BCUT2D eigenvalue weighted by molar-refractivity contribution is 0.0676. The number of morpholine rings is 1. The first-order valence-corrected chi connectivity index (χ1v) is 5.66. The van der Waals surface area contributed by atoms with Gasteiger partial charge in [-0.25, -0.2) is 0 Å². The number of Topliss-reactive ketones (excluding diaryl/α,β-unsaturated/α-hetero) is 1. The molecule has 1 unspecified atom stereocenters. The number of nitrogens with zero attached hydrogens (tertiary/aromatic N) is 2. The van der Waals surface area contributed by atoms with Crippen LogP contribution in [0.3, 0.4) is 0 Å². The Bertz CT molecular complexity index is 356. The van der Waals surface area contributed by atoms with Crippen molar-refractivity contribution in [3.05, 3.63) is 18.0 Å². The molecule has 1 fully saturated rings. The van der Waals surface area contributed by atoms with Crippen LogP contribution in [-0.2, 0) is 11.3 Å². The Hall–Kier alpha value is -1.20. The summed E-state index contributed by atoms with van der Waals surface area (Å²) in [7, 11) is 0. The Morgan fingerprint density at radius 2 is 2.62 bits per heavy atom. The molecule has 88 valence electrons. The molecular formula is C11H17N3O2. The Labute approximate surface area is 94.8 Å². The van der Waals surface area contributed by atoms with Crippen LogP contribution in [0.4, 0.5) is 0 Å². The molecule has 16 heavy (non-hydrogen) atoms. The third kappa shape index (κ3) is 2.68. The Balaban J connectivity index is 1.91.